The normalized spacial score (nSPS) is 17.5. The lowest BCUT2D eigenvalue weighted by Gasteiger charge is -2.12. The van der Waals surface area contributed by atoms with E-state index in [1.54, 1.807) is 6.08 Å². The summed E-state index contributed by atoms with van der Waals surface area (Å²) in [4.78, 5) is 10.8. The van der Waals surface area contributed by atoms with E-state index in [2.05, 4.69) is 0 Å². The summed E-state index contributed by atoms with van der Waals surface area (Å²) in [7, 11) is 0. The first kappa shape index (κ1) is 7.28. The van der Waals surface area contributed by atoms with E-state index in [-0.39, 0.29) is 12.3 Å². The monoisotopic (exact) mass is 141 g/mol. The summed E-state index contributed by atoms with van der Waals surface area (Å²) < 4.78 is 5.06. The maximum atomic E-state index is 10.8. The number of carbonyl (C=O) groups excluding carboxylic acids is 1. The van der Waals surface area contributed by atoms with Gasteiger partial charge in [0.15, 0.2) is 5.76 Å². The van der Waals surface area contributed by atoms with Crippen LogP contribution in [-0.2, 0) is 9.53 Å². The van der Waals surface area contributed by atoms with E-state index in [9.17, 15) is 4.79 Å². The SMILES string of the molecule is NCC(=O)C1=CCCCO1. The number of Topliss-reactive ketones (excluding diaryl/α,β-unsaturated/α-hetero) is 1. The minimum absolute atomic E-state index is 0.0475. The van der Waals surface area contributed by atoms with Gasteiger partial charge in [0, 0.05) is 0 Å². The Bertz CT molecular complexity index is 163. The Hall–Kier alpha value is -0.830. The Morgan fingerprint density at radius 2 is 2.60 bits per heavy atom. The molecule has 0 spiro atoms. The molecule has 0 aromatic rings. The average Bonchev–Trinajstić information content (AvgIpc) is 2.05. The highest BCUT2D eigenvalue weighted by atomic mass is 16.5. The predicted molar refractivity (Wildman–Crippen MR) is 37.3 cm³/mol. The number of hydrogen-bond donors (Lipinski definition) is 1. The Labute approximate surface area is 59.8 Å². The maximum absolute atomic E-state index is 10.8. The van der Waals surface area contributed by atoms with Gasteiger partial charge in [0.1, 0.15) is 0 Å². The van der Waals surface area contributed by atoms with E-state index >= 15 is 0 Å². The van der Waals surface area contributed by atoms with Crippen LogP contribution in [0.1, 0.15) is 12.8 Å². The van der Waals surface area contributed by atoms with Crippen molar-refractivity contribution in [2.24, 2.45) is 5.73 Å². The van der Waals surface area contributed by atoms with Crippen molar-refractivity contribution in [2.75, 3.05) is 13.2 Å². The minimum atomic E-state index is -0.0975. The van der Waals surface area contributed by atoms with E-state index in [4.69, 9.17) is 10.5 Å². The van der Waals surface area contributed by atoms with Crippen LogP contribution < -0.4 is 5.73 Å². The molecule has 0 bridgehead atoms. The topological polar surface area (TPSA) is 52.3 Å². The van der Waals surface area contributed by atoms with Crippen LogP contribution in [0.15, 0.2) is 11.8 Å². The maximum Gasteiger partial charge on any atom is 0.210 e. The molecule has 0 saturated carbocycles. The third kappa shape index (κ3) is 1.57. The molecule has 3 nitrogen and oxygen atoms in total. The molecule has 0 aromatic heterocycles. The molecule has 1 aliphatic heterocycles. The third-order valence-electron chi connectivity index (χ3n) is 1.40. The second-order valence-electron chi connectivity index (χ2n) is 2.19. The molecular weight excluding hydrogens is 130 g/mol. The van der Waals surface area contributed by atoms with Crippen molar-refractivity contribution in [3.05, 3.63) is 11.8 Å². The zero-order chi connectivity index (χ0) is 7.40. The van der Waals surface area contributed by atoms with E-state index in [1.165, 1.54) is 0 Å². The highest BCUT2D eigenvalue weighted by Gasteiger charge is 2.10. The molecule has 0 unspecified atom stereocenters. The minimum Gasteiger partial charge on any atom is -0.490 e. The van der Waals surface area contributed by atoms with Gasteiger partial charge in [-0.3, -0.25) is 4.79 Å². The fraction of sp³-hybridized carbons (Fsp3) is 0.571. The van der Waals surface area contributed by atoms with Gasteiger partial charge in [-0.15, -0.1) is 0 Å². The van der Waals surface area contributed by atoms with Crippen molar-refractivity contribution in [3.8, 4) is 0 Å². The van der Waals surface area contributed by atoms with E-state index in [0.717, 1.165) is 12.8 Å². The van der Waals surface area contributed by atoms with Crippen LogP contribution in [0.5, 0.6) is 0 Å². The Balaban J connectivity index is 2.53. The summed E-state index contributed by atoms with van der Waals surface area (Å²) in [6, 6.07) is 0. The summed E-state index contributed by atoms with van der Waals surface area (Å²) >= 11 is 0. The molecule has 0 saturated heterocycles. The highest BCUT2D eigenvalue weighted by Crippen LogP contribution is 2.09. The molecule has 0 radical (unpaired) electrons. The molecule has 0 aliphatic carbocycles. The van der Waals surface area contributed by atoms with Gasteiger partial charge in [-0.25, -0.2) is 0 Å². The number of ketones is 1. The summed E-state index contributed by atoms with van der Waals surface area (Å²) in [5.74, 6) is 0.355. The summed E-state index contributed by atoms with van der Waals surface area (Å²) in [5, 5.41) is 0. The van der Waals surface area contributed by atoms with Crippen LogP contribution in [-0.4, -0.2) is 18.9 Å². The quantitative estimate of drug-likeness (QED) is 0.598. The second-order valence-corrected chi connectivity index (χ2v) is 2.19. The molecule has 2 N–H and O–H groups in total. The third-order valence-corrected chi connectivity index (χ3v) is 1.40. The van der Waals surface area contributed by atoms with Crippen molar-refractivity contribution in [3.63, 3.8) is 0 Å². The molecular formula is C7H11NO2. The lowest BCUT2D eigenvalue weighted by Crippen LogP contribution is -2.19. The molecule has 0 atom stereocenters. The van der Waals surface area contributed by atoms with Crippen LogP contribution in [0.4, 0.5) is 0 Å². The number of rotatable bonds is 2. The Morgan fingerprint density at radius 1 is 1.80 bits per heavy atom. The number of nitrogens with two attached hydrogens (primary N) is 1. The number of carbonyl (C=O) groups is 1. The largest absolute Gasteiger partial charge is 0.490 e. The molecule has 10 heavy (non-hydrogen) atoms. The standard InChI is InChI=1S/C7H11NO2/c8-5-6(9)7-3-1-2-4-10-7/h3H,1-2,4-5,8H2. The lowest BCUT2D eigenvalue weighted by molar-refractivity contribution is -0.117. The van der Waals surface area contributed by atoms with Crippen molar-refractivity contribution < 1.29 is 9.53 Å². The van der Waals surface area contributed by atoms with Crippen molar-refractivity contribution in [1.82, 2.24) is 0 Å². The molecule has 1 aliphatic rings. The van der Waals surface area contributed by atoms with Gasteiger partial charge >= 0.3 is 0 Å². The van der Waals surface area contributed by atoms with E-state index < -0.39 is 0 Å². The van der Waals surface area contributed by atoms with E-state index in [0.29, 0.717) is 12.4 Å². The molecule has 56 valence electrons. The number of allylic oxidation sites excluding steroid dienone is 1. The number of hydrogen-bond acceptors (Lipinski definition) is 3. The van der Waals surface area contributed by atoms with Gasteiger partial charge in [0.2, 0.25) is 5.78 Å². The van der Waals surface area contributed by atoms with Crippen LogP contribution in [0.25, 0.3) is 0 Å². The molecule has 1 rings (SSSR count). The molecule has 0 aromatic carbocycles. The van der Waals surface area contributed by atoms with Gasteiger partial charge in [-0.05, 0) is 18.9 Å². The summed E-state index contributed by atoms with van der Waals surface area (Å²) in [5.41, 5.74) is 5.13. The predicted octanol–water partition coefficient (Wildman–Crippen LogP) is 0.208. The number of ether oxygens (including phenoxy) is 1. The van der Waals surface area contributed by atoms with Gasteiger partial charge in [-0.1, -0.05) is 0 Å². The van der Waals surface area contributed by atoms with Crippen LogP contribution >= 0.6 is 0 Å². The Kier molecular flexibility index (Phi) is 2.45. The first-order valence-corrected chi connectivity index (χ1v) is 3.41. The molecule has 1 heterocycles. The van der Waals surface area contributed by atoms with Crippen molar-refractivity contribution >= 4 is 5.78 Å². The first-order chi connectivity index (χ1) is 4.84. The second kappa shape index (κ2) is 3.37. The lowest BCUT2D eigenvalue weighted by atomic mass is 10.2. The van der Waals surface area contributed by atoms with Gasteiger partial charge in [-0.2, -0.15) is 0 Å². The fourth-order valence-corrected chi connectivity index (χ4v) is 0.852. The average molecular weight is 141 g/mol. The summed E-state index contributed by atoms with van der Waals surface area (Å²) in [6.07, 6.45) is 3.74. The summed E-state index contributed by atoms with van der Waals surface area (Å²) in [6.45, 7) is 0.698. The first-order valence-electron chi connectivity index (χ1n) is 3.41. The zero-order valence-corrected chi connectivity index (χ0v) is 5.80. The van der Waals surface area contributed by atoms with E-state index in [1.807, 2.05) is 0 Å². The van der Waals surface area contributed by atoms with Crippen LogP contribution in [0.3, 0.4) is 0 Å². The highest BCUT2D eigenvalue weighted by molar-refractivity contribution is 5.94. The van der Waals surface area contributed by atoms with Crippen molar-refractivity contribution in [2.45, 2.75) is 12.8 Å². The van der Waals surface area contributed by atoms with Crippen LogP contribution in [0.2, 0.25) is 0 Å². The van der Waals surface area contributed by atoms with Gasteiger partial charge in [0.25, 0.3) is 0 Å². The zero-order valence-electron chi connectivity index (χ0n) is 5.80. The fourth-order valence-electron chi connectivity index (χ4n) is 0.852. The van der Waals surface area contributed by atoms with Gasteiger partial charge < -0.3 is 10.5 Å². The smallest absolute Gasteiger partial charge is 0.210 e. The van der Waals surface area contributed by atoms with Crippen molar-refractivity contribution in [1.29, 1.82) is 0 Å². The van der Waals surface area contributed by atoms with Crippen LogP contribution in [0, 0.1) is 0 Å². The molecule has 0 amide bonds. The Morgan fingerprint density at radius 3 is 3.10 bits per heavy atom. The molecule has 0 fully saturated rings. The molecule has 3 heteroatoms. The van der Waals surface area contributed by atoms with Gasteiger partial charge in [0.05, 0.1) is 13.2 Å².